The molecule has 7 heteroatoms. The lowest BCUT2D eigenvalue weighted by atomic mass is 10.1. The molecule has 1 unspecified atom stereocenters. The van der Waals surface area contributed by atoms with E-state index in [2.05, 4.69) is 17.2 Å². The van der Waals surface area contributed by atoms with Gasteiger partial charge in [0.2, 0.25) is 0 Å². The average molecular weight is 268 g/mol. The monoisotopic (exact) mass is 268 g/mol. The highest BCUT2D eigenvalue weighted by Crippen LogP contribution is 2.25. The molecule has 0 aliphatic rings. The van der Waals surface area contributed by atoms with Gasteiger partial charge in [-0.2, -0.15) is 9.38 Å². The SMILES string of the molecule is CCNC(CC)Cc1nc2sccn2c1[N+](=O)[O-]. The summed E-state index contributed by atoms with van der Waals surface area (Å²) in [6.07, 6.45) is 3.22. The molecular weight excluding hydrogens is 252 g/mol. The fourth-order valence-electron chi connectivity index (χ4n) is 2.03. The molecule has 1 N–H and O–H groups in total. The van der Waals surface area contributed by atoms with Gasteiger partial charge in [0.1, 0.15) is 11.9 Å². The van der Waals surface area contributed by atoms with Crippen LogP contribution in [0.15, 0.2) is 11.6 Å². The molecule has 1 atom stereocenters. The molecule has 2 rings (SSSR count). The Hall–Kier alpha value is -1.47. The first-order chi connectivity index (χ1) is 8.67. The minimum Gasteiger partial charge on any atom is -0.358 e. The van der Waals surface area contributed by atoms with Crippen molar-refractivity contribution in [2.45, 2.75) is 32.7 Å². The first-order valence-corrected chi connectivity index (χ1v) is 6.87. The number of rotatable bonds is 6. The van der Waals surface area contributed by atoms with Crippen LogP contribution in [0.1, 0.15) is 26.0 Å². The molecule has 0 saturated carbocycles. The van der Waals surface area contributed by atoms with Gasteiger partial charge in [0.05, 0.1) is 0 Å². The maximum absolute atomic E-state index is 11.2. The Morgan fingerprint density at radius 3 is 3.00 bits per heavy atom. The van der Waals surface area contributed by atoms with E-state index in [9.17, 15) is 10.1 Å². The van der Waals surface area contributed by atoms with Crippen LogP contribution in [0.25, 0.3) is 4.96 Å². The fourth-order valence-corrected chi connectivity index (χ4v) is 2.76. The summed E-state index contributed by atoms with van der Waals surface area (Å²) in [7, 11) is 0. The Labute approximate surface area is 109 Å². The van der Waals surface area contributed by atoms with Crippen LogP contribution in [0.4, 0.5) is 5.82 Å². The van der Waals surface area contributed by atoms with Crippen LogP contribution in [0, 0.1) is 10.1 Å². The summed E-state index contributed by atoms with van der Waals surface area (Å²) < 4.78 is 1.55. The summed E-state index contributed by atoms with van der Waals surface area (Å²) in [6.45, 7) is 4.95. The second kappa shape index (κ2) is 5.45. The lowest BCUT2D eigenvalue weighted by Crippen LogP contribution is -2.30. The lowest BCUT2D eigenvalue weighted by molar-refractivity contribution is -0.391. The fraction of sp³-hybridized carbons (Fsp3) is 0.545. The van der Waals surface area contributed by atoms with Crippen molar-refractivity contribution in [3.63, 3.8) is 0 Å². The van der Waals surface area contributed by atoms with E-state index >= 15 is 0 Å². The second-order valence-corrected chi connectivity index (χ2v) is 4.93. The number of nitrogens with zero attached hydrogens (tertiary/aromatic N) is 3. The van der Waals surface area contributed by atoms with E-state index in [1.807, 2.05) is 6.92 Å². The average Bonchev–Trinajstić information content (AvgIpc) is 2.87. The predicted octanol–water partition coefficient (Wildman–Crippen LogP) is 2.23. The number of hydrogen-bond donors (Lipinski definition) is 1. The van der Waals surface area contributed by atoms with Crippen molar-refractivity contribution in [2.75, 3.05) is 6.54 Å². The van der Waals surface area contributed by atoms with Crippen molar-refractivity contribution >= 4 is 22.1 Å². The quantitative estimate of drug-likeness (QED) is 0.644. The number of fused-ring (bicyclic) bond motifs is 1. The van der Waals surface area contributed by atoms with Crippen molar-refractivity contribution in [2.24, 2.45) is 0 Å². The largest absolute Gasteiger partial charge is 0.358 e. The van der Waals surface area contributed by atoms with Crippen molar-refractivity contribution in [3.8, 4) is 0 Å². The van der Waals surface area contributed by atoms with Crippen molar-refractivity contribution in [3.05, 3.63) is 27.4 Å². The van der Waals surface area contributed by atoms with E-state index < -0.39 is 0 Å². The summed E-state index contributed by atoms with van der Waals surface area (Å²) in [5, 5.41) is 16.3. The van der Waals surface area contributed by atoms with Gasteiger partial charge in [0.15, 0.2) is 0 Å². The van der Waals surface area contributed by atoms with Crippen molar-refractivity contribution in [1.29, 1.82) is 0 Å². The Kier molecular flexibility index (Phi) is 3.93. The third kappa shape index (κ3) is 2.37. The van der Waals surface area contributed by atoms with Crippen LogP contribution in [-0.2, 0) is 6.42 Å². The molecule has 0 aliphatic heterocycles. The topological polar surface area (TPSA) is 72.5 Å². The molecule has 98 valence electrons. The van der Waals surface area contributed by atoms with Crippen LogP contribution in [0.3, 0.4) is 0 Å². The van der Waals surface area contributed by atoms with E-state index in [-0.39, 0.29) is 16.8 Å². The minimum absolute atomic E-state index is 0.0996. The lowest BCUT2D eigenvalue weighted by Gasteiger charge is -2.13. The van der Waals surface area contributed by atoms with Crippen LogP contribution in [0.2, 0.25) is 0 Å². The van der Waals surface area contributed by atoms with Gasteiger partial charge in [-0.3, -0.25) is 0 Å². The normalized spacial score (nSPS) is 13.0. The number of likely N-dealkylation sites (N-methyl/N-ethyl adjacent to an activating group) is 1. The number of aromatic nitrogens is 2. The zero-order valence-corrected chi connectivity index (χ0v) is 11.2. The number of imidazole rings is 1. The Bertz CT molecular complexity index is 548. The van der Waals surface area contributed by atoms with Gasteiger partial charge in [-0.05, 0) is 17.9 Å². The van der Waals surface area contributed by atoms with Crippen LogP contribution in [0.5, 0.6) is 0 Å². The molecule has 2 aromatic heterocycles. The maximum Gasteiger partial charge on any atom is 0.351 e. The first-order valence-electron chi connectivity index (χ1n) is 5.99. The van der Waals surface area contributed by atoms with E-state index in [0.717, 1.165) is 13.0 Å². The van der Waals surface area contributed by atoms with Crippen LogP contribution in [-0.4, -0.2) is 26.9 Å². The second-order valence-electron chi connectivity index (χ2n) is 4.06. The molecule has 0 fully saturated rings. The maximum atomic E-state index is 11.2. The van der Waals surface area contributed by atoms with Crippen molar-refractivity contribution in [1.82, 2.24) is 14.7 Å². The van der Waals surface area contributed by atoms with Crippen LogP contribution >= 0.6 is 11.3 Å². The molecule has 2 aromatic rings. The molecule has 0 amide bonds. The Morgan fingerprint density at radius 1 is 1.61 bits per heavy atom. The number of nitro groups is 1. The molecule has 0 saturated heterocycles. The molecule has 18 heavy (non-hydrogen) atoms. The van der Waals surface area contributed by atoms with E-state index in [0.29, 0.717) is 17.1 Å². The molecule has 0 aromatic carbocycles. The van der Waals surface area contributed by atoms with Gasteiger partial charge in [0, 0.05) is 17.8 Å². The Morgan fingerprint density at radius 2 is 2.39 bits per heavy atom. The van der Waals surface area contributed by atoms with Gasteiger partial charge >= 0.3 is 5.82 Å². The number of nitrogens with one attached hydrogen (secondary N) is 1. The summed E-state index contributed by atoms with van der Waals surface area (Å²) in [5.74, 6) is 0.0996. The summed E-state index contributed by atoms with van der Waals surface area (Å²) in [6, 6.07) is 0.235. The highest BCUT2D eigenvalue weighted by Gasteiger charge is 2.24. The minimum atomic E-state index is -0.347. The third-order valence-electron chi connectivity index (χ3n) is 2.90. The first kappa shape index (κ1) is 13.0. The number of hydrogen-bond acceptors (Lipinski definition) is 5. The molecule has 0 bridgehead atoms. The van der Waals surface area contributed by atoms with Gasteiger partial charge in [-0.25, -0.2) is 0 Å². The smallest absolute Gasteiger partial charge is 0.351 e. The predicted molar refractivity (Wildman–Crippen MR) is 71.2 cm³/mol. The highest BCUT2D eigenvalue weighted by atomic mass is 32.1. The van der Waals surface area contributed by atoms with E-state index in [1.54, 1.807) is 16.0 Å². The van der Waals surface area contributed by atoms with Crippen molar-refractivity contribution < 1.29 is 4.92 Å². The molecule has 0 aliphatic carbocycles. The van der Waals surface area contributed by atoms with Gasteiger partial charge in [0.25, 0.3) is 4.96 Å². The zero-order chi connectivity index (χ0) is 13.1. The molecule has 6 nitrogen and oxygen atoms in total. The molecular formula is C11H16N4O2S. The summed E-state index contributed by atoms with van der Waals surface area (Å²) in [5.41, 5.74) is 0.569. The highest BCUT2D eigenvalue weighted by molar-refractivity contribution is 7.15. The number of thiazole rings is 1. The summed E-state index contributed by atoms with van der Waals surface area (Å²) >= 11 is 1.41. The molecule has 2 heterocycles. The van der Waals surface area contributed by atoms with Gasteiger partial charge in [-0.15, -0.1) is 0 Å². The third-order valence-corrected chi connectivity index (χ3v) is 3.66. The van der Waals surface area contributed by atoms with Gasteiger partial charge < -0.3 is 15.4 Å². The van der Waals surface area contributed by atoms with Gasteiger partial charge in [-0.1, -0.05) is 25.2 Å². The zero-order valence-electron chi connectivity index (χ0n) is 10.4. The molecule has 0 spiro atoms. The van der Waals surface area contributed by atoms with Crippen LogP contribution < -0.4 is 5.32 Å². The standard InChI is InChI=1S/C11H16N4O2S/c1-3-8(12-4-2)7-9-10(15(16)17)14-5-6-18-11(14)13-9/h5-6,8,12H,3-4,7H2,1-2H3. The van der Waals surface area contributed by atoms with E-state index in [1.165, 1.54) is 11.3 Å². The van der Waals surface area contributed by atoms with E-state index in [4.69, 9.17) is 0 Å². The Balaban J connectivity index is 2.34. The molecule has 0 radical (unpaired) electrons. The summed E-state index contributed by atoms with van der Waals surface area (Å²) in [4.78, 5) is 15.9.